The van der Waals surface area contributed by atoms with Crippen molar-refractivity contribution in [3.05, 3.63) is 18.2 Å². The Labute approximate surface area is 84.3 Å². The first-order valence-electron chi connectivity index (χ1n) is 4.90. The molecule has 78 valence electrons. The molecule has 0 aliphatic heterocycles. The molecule has 0 aliphatic rings. The monoisotopic (exact) mass is 195 g/mol. The first kappa shape index (κ1) is 10.9. The lowest BCUT2D eigenvalue weighted by atomic mass is 10.1. The van der Waals surface area contributed by atoms with E-state index in [9.17, 15) is 4.79 Å². The van der Waals surface area contributed by atoms with Crippen LogP contribution in [0.15, 0.2) is 12.4 Å². The van der Waals surface area contributed by atoms with Crippen LogP contribution in [0.25, 0.3) is 0 Å². The molecular weight excluding hydrogens is 178 g/mol. The van der Waals surface area contributed by atoms with Gasteiger partial charge in [-0.2, -0.15) is 0 Å². The van der Waals surface area contributed by atoms with E-state index in [0.29, 0.717) is 12.4 Å². The van der Waals surface area contributed by atoms with E-state index in [-0.39, 0.29) is 11.7 Å². The van der Waals surface area contributed by atoms with Crippen LogP contribution < -0.4 is 5.32 Å². The first-order valence-corrected chi connectivity index (χ1v) is 4.90. The van der Waals surface area contributed by atoms with Crippen molar-refractivity contribution in [1.29, 1.82) is 0 Å². The highest BCUT2D eigenvalue weighted by Gasteiger charge is 2.18. The van der Waals surface area contributed by atoms with Crippen LogP contribution in [-0.2, 0) is 6.54 Å². The lowest BCUT2D eigenvalue weighted by Crippen LogP contribution is -2.26. The molecule has 1 rings (SSSR count). The Kier molecular flexibility index (Phi) is 3.83. The van der Waals surface area contributed by atoms with Crippen LogP contribution in [0.4, 0.5) is 0 Å². The van der Waals surface area contributed by atoms with Gasteiger partial charge in [0.05, 0.1) is 0 Å². The average Bonchev–Trinajstić information content (AvgIpc) is 2.64. The summed E-state index contributed by atoms with van der Waals surface area (Å²) in [5.74, 6) is 0.647. The molecule has 1 unspecified atom stereocenters. The van der Waals surface area contributed by atoms with E-state index in [0.717, 1.165) is 6.54 Å². The molecule has 1 atom stereocenters. The number of hydrogen-bond donors (Lipinski definition) is 1. The Balaban J connectivity index is 2.78. The Bertz CT molecular complexity index is 306. The summed E-state index contributed by atoms with van der Waals surface area (Å²) in [4.78, 5) is 15.9. The summed E-state index contributed by atoms with van der Waals surface area (Å²) in [6, 6.07) is 0. The van der Waals surface area contributed by atoms with Crippen LogP contribution in [0.5, 0.6) is 0 Å². The summed E-state index contributed by atoms with van der Waals surface area (Å²) in [5.41, 5.74) is 0. The van der Waals surface area contributed by atoms with Crippen molar-refractivity contribution in [3.8, 4) is 0 Å². The molecule has 0 aromatic carbocycles. The van der Waals surface area contributed by atoms with Crippen LogP contribution in [0.3, 0.4) is 0 Å². The van der Waals surface area contributed by atoms with Crippen molar-refractivity contribution >= 4 is 5.78 Å². The van der Waals surface area contributed by atoms with Gasteiger partial charge in [0.15, 0.2) is 5.82 Å². The third-order valence-electron chi connectivity index (χ3n) is 2.23. The van der Waals surface area contributed by atoms with E-state index in [2.05, 4.69) is 10.3 Å². The van der Waals surface area contributed by atoms with E-state index >= 15 is 0 Å². The summed E-state index contributed by atoms with van der Waals surface area (Å²) in [5, 5.41) is 2.99. The van der Waals surface area contributed by atoms with Crippen LogP contribution in [0, 0.1) is 5.92 Å². The van der Waals surface area contributed by atoms with E-state index in [4.69, 9.17) is 0 Å². The van der Waals surface area contributed by atoms with Crippen molar-refractivity contribution in [2.45, 2.75) is 20.4 Å². The van der Waals surface area contributed by atoms with E-state index in [1.807, 2.05) is 31.7 Å². The van der Waals surface area contributed by atoms with Gasteiger partial charge in [0.2, 0.25) is 5.78 Å². The number of nitrogens with one attached hydrogen (secondary N) is 1. The lowest BCUT2D eigenvalue weighted by molar-refractivity contribution is 0.0915. The lowest BCUT2D eigenvalue weighted by Gasteiger charge is -2.09. The highest BCUT2D eigenvalue weighted by molar-refractivity contribution is 5.94. The zero-order valence-corrected chi connectivity index (χ0v) is 8.95. The maximum absolute atomic E-state index is 11.9. The molecule has 1 heterocycles. The zero-order valence-electron chi connectivity index (χ0n) is 8.95. The fourth-order valence-electron chi connectivity index (χ4n) is 1.41. The average molecular weight is 195 g/mol. The fourth-order valence-corrected chi connectivity index (χ4v) is 1.41. The summed E-state index contributed by atoms with van der Waals surface area (Å²) in [6.45, 7) is 5.39. The minimum atomic E-state index is -0.0206. The molecule has 1 aromatic heterocycles. The number of imidazole rings is 1. The van der Waals surface area contributed by atoms with E-state index in [1.54, 1.807) is 6.20 Å². The van der Waals surface area contributed by atoms with Gasteiger partial charge in [-0.15, -0.1) is 0 Å². The van der Waals surface area contributed by atoms with E-state index < -0.39 is 0 Å². The van der Waals surface area contributed by atoms with Crippen molar-refractivity contribution in [2.75, 3.05) is 13.6 Å². The molecule has 0 saturated heterocycles. The summed E-state index contributed by atoms with van der Waals surface area (Å²) in [7, 11) is 1.84. The van der Waals surface area contributed by atoms with Gasteiger partial charge in [-0.05, 0) is 14.0 Å². The number of nitrogens with zero attached hydrogens (tertiary/aromatic N) is 2. The maximum atomic E-state index is 11.9. The van der Waals surface area contributed by atoms with Gasteiger partial charge in [-0.25, -0.2) is 4.98 Å². The van der Waals surface area contributed by atoms with Crippen molar-refractivity contribution in [3.63, 3.8) is 0 Å². The topological polar surface area (TPSA) is 46.9 Å². The molecule has 0 bridgehead atoms. The number of ketones is 1. The maximum Gasteiger partial charge on any atom is 0.202 e. The number of Topliss-reactive ketones (excluding diaryl/α,β-unsaturated/α-hetero) is 1. The molecule has 1 aromatic rings. The minimum Gasteiger partial charge on any atom is -0.329 e. The molecule has 0 radical (unpaired) electrons. The number of aromatic nitrogens is 2. The van der Waals surface area contributed by atoms with Crippen molar-refractivity contribution in [1.82, 2.24) is 14.9 Å². The second kappa shape index (κ2) is 4.91. The van der Waals surface area contributed by atoms with Gasteiger partial charge in [0, 0.05) is 31.4 Å². The van der Waals surface area contributed by atoms with Gasteiger partial charge in [-0.3, -0.25) is 4.79 Å². The SMILES string of the molecule is CCn1ccnc1C(=O)C(C)CNC. The van der Waals surface area contributed by atoms with Gasteiger partial charge < -0.3 is 9.88 Å². The molecule has 4 heteroatoms. The zero-order chi connectivity index (χ0) is 10.6. The molecule has 0 saturated carbocycles. The minimum absolute atomic E-state index is 0.0206. The summed E-state index contributed by atoms with van der Waals surface area (Å²) in [6.07, 6.45) is 3.50. The highest BCUT2D eigenvalue weighted by Crippen LogP contribution is 2.06. The molecule has 1 N–H and O–H groups in total. The molecule has 0 spiro atoms. The second-order valence-corrected chi connectivity index (χ2v) is 3.36. The van der Waals surface area contributed by atoms with Crippen molar-refractivity contribution < 1.29 is 4.79 Å². The van der Waals surface area contributed by atoms with Crippen LogP contribution in [0.2, 0.25) is 0 Å². The Morgan fingerprint density at radius 3 is 3.00 bits per heavy atom. The first-order chi connectivity index (χ1) is 6.70. The molecular formula is C10H17N3O. The standard InChI is InChI=1S/C10H17N3O/c1-4-13-6-5-12-10(13)9(14)8(2)7-11-3/h5-6,8,11H,4,7H2,1-3H3. The molecule has 14 heavy (non-hydrogen) atoms. The summed E-state index contributed by atoms with van der Waals surface area (Å²) < 4.78 is 1.87. The predicted molar refractivity (Wildman–Crippen MR) is 55.3 cm³/mol. The van der Waals surface area contributed by atoms with Gasteiger partial charge in [0.25, 0.3) is 0 Å². The quantitative estimate of drug-likeness (QED) is 0.711. The Morgan fingerprint density at radius 2 is 2.43 bits per heavy atom. The van der Waals surface area contributed by atoms with E-state index in [1.165, 1.54) is 0 Å². The van der Waals surface area contributed by atoms with Crippen LogP contribution >= 0.6 is 0 Å². The van der Waals surface area contributed by atoms with Gasteiger partial charge in [0.1, 0.15) is 0 Å². The number of rotatable bonds is 5. The van der Waals surface area contributed by atoms with Crippen LogP contribution in [0.1, 0.15) is 24.5 Å². The predicted octanol–water partition coefficient (Wildman–Crippen LogP) is 0.941. The van der Waals surface area contributed by atoms with Gasteiger partial charge in [-0.1, -0.05) is 6.92 Å². The molecule has 0 fully saturated rings. The number of carbonyl (C=O) groups excluding carboxylic acids is 1. The van der Waals surface area contributed by atoms with Crippen molar-refractivity contribution in [2.24, 2.45) is 5.92 Å². The Hall–Kier alpha value is -1.16. The molecule has 0 aliphatic carbocycles. The normalized spacial score (nSPS) is 12.8. The third-order valence-corrected chi connectivity index (χ3v) is 2.23. The molecule has 0 amide bonds. The largest absolute Gasteiger partial charge is 0.329 e. The summed E-state index contributed by atoms with van der Waals surface area (Å²) >= 11 is 0. The smallest absolute Gasteiger partial charge is 0.202 e. The number of carbonyl (C=O) groups is 1. The molecule has 4 nitrogen and oxygen atoms in total. The highest BCUT2D eigenvalue weighted by atomic mass is 16.1. The number of hydrogen-bond acceptors (Lipinski definition) is 3. The second-order valence-electron chi connectivity index (χ2n) is 3.36. The van der Waals surface area contributed by atoms with Gasteiger partial charge >= 0.3 is 0 Å². The third kappa shape index (κ3) is 2.20. The fraction of sp³-hybridized carbons (Fsp3) is 0.600. The number of aryl methyl sites for hydroxylation is 1. The Morgan fingerprint density at radius 1 is 1.71 bits per heavy atom. The van der Waals surface area contributed by atoms with Crippen LogP contribution in [-0.4, -0.2) is 28.9 Å².